The van der Waals surface area contributed by atoms with Crippen LogP contribution in [0.25, 0.3) is 0 Å². The molecule has 4 nitrogen and oxygen atoms in total. The Morgan fingerprint density at radius 2 is 1.65 bits per heavy atom. The lowest BCUT2D eigenvalue weighted by Gasteiger charge is -2.17. The largest absolute Gasteiger partial charge is 0.459 e. The summed E-state index contributed by atoms with van der Waals surface area (Å²) in [5.74, 6) is -0.555. The van der Waals surface area contributed by atoms with Crippen LogP contribution >= 0.6 is 23.1 Å². The van der Waals surface area contributed by atoms with Crippen molar-refractivity contribution in [2.24, 2.45) is 0 Å². The average molecular weight is 454 g/mol. The molecule has 1 amide bonds. The molecule has 0 aliphatic carbocycles. The molecule has 162 valence electrons. The molecule has 31 heavy (non-hydrogen) atoms. The Hall–Kier alpha value is -2.57. The Morgan fingerprint density at radius 3 is 2.23 bits per heavy atom. The number of hydrogen-bond acceptors (Lipinski definition) is 5. The highest BCUT2D eigenvalue weighted by Crippen LogP contribution is 2.39. The van der Waals surface area contributed by atoms with Crippen molar-refractivity contribution in [1.82, 2.24) is 0 Å². The minimum atomic E-state index is -0.454. The molecule has 1 N–H and O–H groups in total. The van der Waals surface area contributed by atoms with E-state index in [9.17, 15) is 9.59 Å². The van der Waals surface area contributed by atoms with E-state index in [4.69, 9.17) is 4.74 Å². The lowest BCUT2D eigenvalue weighted by molar-refractivity contribution is -0.115. The van der Waals surface area contributed by atoms with E-state index in [2.05, 4.69) is 5.32 Å². The van der Waals surface area contributed by atoms with Gasteiger partial charge in [-0.3, -0.25) is 4.79 Å². The van der Waals surface area contributed by atoms with E-state index in [1.165, 1.54) is 23.1 Å². The van der Waals surface area contributed by atoms with E-state index in [1.54, 1.807) is 0 Å². The Balaban J connectivity index is 1.94. The molecule has 2 aromatic carbocycles. The summed E-state index contributed by atoms with van der Waals surface area (Å²) in [6.45, 7) is 7.62. The van der Waals surface area contributed by atoms with Gasteiger partial charge >= 0.3 is 5.97 Å². The maximum Gasteiger partial charge on any atom is 0.341 e. The van der Waals surface area contributed by atoms with Crippen molar-refractivity contribution >= 4 is 40.0 Å². The van der Waals surface area contributed by atoms with Crippen LogP contribution in [-0.4, -0.2) is 18.0 Å². The molecule has 3 aromatic rings. The minimum absolute atomic E-state index is 0.164. The van der Waals surface area contributed by atoms with E-state index in [1.807, 2.05) is 88.4 Å². The molecule has 0 unspecified atom stereocenters. The lowest BCUT2D eigenvalue weighted by atomic mass is 10.1. The van der Waals surface area contributed by atoms with E-state index >= 15 is 0 Å². The normalized spacial score (nSPS) is 11.9. The smallest absolute Gasteiger partial charge is 0.341 e. The maximum absolute atomic E-state index is 13.4. The number of amides is 1. The number of ether oxygens (including phenoxy) is 1. The Labute approximate surface area is 192 Å². The number of esters is 1. The SMILES string of the molecule is CCc1c(C)sc(NC(=O)[C@@H](Sc2ccccc2)c2ccccc2)c1C(=O)OC(C)C. The maximum atomic E-state index is 13.4. The van der Waals surface area contributed by atoms with Crippen LogP contribution in [0.1, 0.15) is 52.4 Å². The van der Waals surface area contributed by atoms with Crippen LogP contribution in [0.4, 0.5) is 5.00 Å². The highest BCUT2D eigenvalue weighted by molar-refractivity contribution is 8.00. The predicted octanol–water partition coefficient (Wildman–Crippen LogP) is 6.66. The summed E-state index contributed by atoms with van der Waals surface area (Å²) in [6.07, 6.45) is 0.466. The van der Waals surface area contributed by atoms with Gasteiger partial charge in [-0.1, -0.05) is 55.5 Å². The van der Waals surface area contributed by atoms with Crippen molar-refractivity contribution in [3.63, 3.8) is 0 Å². The zero-order chi connectivity index (χ0) is 22.4. The summed E-state index contributed by atoms with van der Waals surface area (Å²) in [5, 5.41) is 3.14. The molecule has 0 aliphatic rings. The lowest BCUT2D eigenvalue weighted by Crippen LogP contribution is -2.21. The topological polar surface area (TPSA) is 55.4 Å². The van der Waals surface area contributed by atoms with Crippen LogP contribution in [0.2, 0.25) is 0 Å². The molecule has 3 rings (SSSR count). The Morgan fingerprint density at radius 1 is 1.03 bits per heavy atom. The second kappa shape index (κ2) is 10.6. The second-order valence-corrected chi connectivity index (χ2v) is 9.76. The van der Waals surface area contributed by atoms with E-state index < -0.39 is 11.2 Å². The third-order valence-corrected chi connectivity index (χ3v) is 7.01. The monoisotopic (exact) mass is 453 g/mol. The summed E-state index contributed by atoms with van der Waals surface area (Å²) < 4.78 is 5.47. The number of aryl methyl sites for hydroxylation is 1. The molecule has 0 spiro atoms. The molecule has 0 saturated carbocycles. The summed E-state index contributed by atoms with van der Waals surface area (Å²) in [6, 6.07) is 19.5. The van der Waals surface area contributed by atoms with Gasteiger partial charge in [0.2, 0.25) is 5.91 Å². The van der Waals surface area contributed by atoms with E-state index in [0.29, 0.717) is 17.0 Å². The number of benzene rings is 2. The van der Waals surface area contributed by atoms with Crippen molar-refractivity contribution in [2.45, 2.75) is 50.4 Å². The van der Waals surface area contributed by atoms with Gasteiger partial charge in [-0.25, -0.2) is 4.79 Å². The van der Waals surface area contributed by atoms with Gasteiger partial charge in [-0.05, 0) is 50.5 Å². The van der Waals surface area contributed by atoms with Crippen LogP contribution in [0.3, 0.4) is 0 Å². The van der Waals surface area contributed by atoms with Crippen molar-refractivity contribution in [3.05, 3.63) is 82.2 Å². The molecule has 0 aliphatic heterocycles. The van der Waals surface area contributed by atoms with Gasteiger partial charge in [0.1, 0.15) is 10.3 Å². The number of rotatable bonds is 8. The standard InChI is InChI=1S/C25H27NO3S2/c1-5-20-17(4)30-24(21(20)25(28)29-16(2)3)26-23(27)22(18-12-8-6-9-13-18)31-19-14-10-7-11-15-19/h6-16,22H,5H2,1-4H3,(H,26,27)/t22-/m0/s1. The first kappa shape index (κ1) is 23.1. The zero-order valence-corrected chi connectivity index (χ0v) is 19.8. The summed E-state index contributed by atoms with van der Waals surface area (Å²) >= 11 is 2.91. The van der Waals surface area contributed by atoms with Crippen molar-refractivity contribution in [1.29, 1.82) is 0 Å². The number of carbonyl (C=O) groups is 2. The van der Waals surface area contributed by atoms with Crippen molar-refractivity contribution in [3.8, 4) is 0 Å². The van der Waals surface area contributed by atoms with Crippen LogP contribution in [0.5, 0.6) is 0 Å². The molecule has 1 atom stereocenters. The molecule has 1 aromatic heterocycles. The number of carbonyl (C=O) groups excluding carboxylic acids is 2. The zero-order valence-electron chi connectivity index (χ0n) is 18.2. The number of thioether (sulfide) groups is 1. The fourth-order valence-electron chi connectivity index (χ4n) is 3.29. The first-order valence-corrected chi connectivity index (χ1v) is 12.0. The van der Waals surface area contributed by atoms with E-state index in [-0.39, 0.29) is 12.0 Å². The number of nitrogens with one attached hydrogen (secondary N) is 1. The number of thiophene rings is 1. The number of hydrogen-bond donors (Lipinski definition) is 1. The van der Waals surface area contributed by atoms with Gasteiger partial charge in [0.25, 0.3) is 0 Å². The minimum Gasteiger partial charge on any atom is -0.459 e. The van der Waals surface area contributed by atoms with Crippen LogP contribution in [0, 0.1) is 6.92 Å². The van der Waals surface area contributed by atoms with Crippen molar-refractivity contribution < 1.29 is 14.3 Å². The van der Waals surface area contributed by atoms with E-state index in [0.717, 1.165) is 20.9 Å². The quantitative estimate of drug-likeness (QED) is 0.306. The van der Waals surface area contributed by atoms with Crippen molar-refractivity contribution in [2.75, 3.05) is 5.32 Å². The molecule has 6 heteroatoms. The molecule has 0 saturated heterocycles. The first-order chi connectivity index (χ1) is 14.9. The Kier molecular flexibility index (Phi) is 7.93. The third-order valence-electron chi connectivity index (χ3n) is 4.68. The molecule has 0 radical (unpaired) electrons. The van der Waals surface area contributed by atoms with Crippen LogP contribution in [0.15, 0.2) is 65.6 Å². The molecular formula is C25H27NO3S2. The van der Waals surface area contributed by atoms with Crippen LogP contribution in [-0.2, 0) is 16.0 Å². The van der Waals surface area contributed by atoms with Gasteiger partial charge in [0, 0.05) is 9.77 Å². The van der Waals surface area contributed by atoms with Gasteiger partial charge < -0.3 is 10.1 Å². The third kappa shape index (κ3) is 5.77. The van der Waals surface area contributed by atoms with Gasteiger partial charge in [-0.15, -0.1) is 23.1 Å². The summed E-state index contributed by atoms with van der Waals surface area (Å²) in [5.41, 5.74) is 2.31. The molecule has 0 bridgehead atoms. The van der Waals surface area contributed by atoms with Gasteiger partial charge in [-0.2, -0.15) is 0 Å². The molecule has 1 heterocycles. The van der Waals surface area contributed by atoms with Gasteiger partial charge in [0.05, 0.1) is 11.7 Å². The number of anilines is 1. The average Bonchev–Trinajstić information content (AvgIpc) is 3.07. The molecular weight excluding hydrogens is 426 g/mol. The molecule has 0 fully saturated rings. The second-order valence-electron chi connectivity index (χ2n) is 7.36. The Bertz CT molecular complexity index is 1030. The fourth-order valence-corrected chi connectivity index (χ4v) is 5.48. The fraction of sp³-hybridized carbons (Fsp3) is 0.280. The summed E-state index contributed by atoms with van der Waals surface area (Å²) in [7, 11) is 0. The summed E-state index contributed by atoms with van der Waals surface area (Å²) in [4.78, 5) is 28.3. The predicted molar refractivity (Wildman–Crippen MR) is 129 cm³/mol. The first-order valence-electron chi connectivity index (χ1n) is 10.3. The highest BCUT2D eigenvalue weighted by Gasteiger charge is 2.28. The van der Waals surface area contributed by atoms with Gasteiger partial charge in [0.15, 0.2) is 0 Å². The highest BCUT2D eigenvalue weighted by atomic mass is 32.2. The van der Waals surface area contributed by atoms with Crippen LogP contribution < -0.4 is 5.32 Å².